The number of likely N-dealkylation sites (tertiary alicyclic amines) is 1. The van der Waals surface area contributed by atoms with Crippen LogP contribution in [-0.4, -0.2) is 58.5 Å². The number of hydrogen-bond donors (Lipinski definition) is 1. The van der Waals surface area contributed by atoms with Crippen LogP contribution < -0.4 is 0 Å². The maximum absolute atomic E-state index is 12.4. The van der Waals surface area contributed by atoms with Crippen LogP contribution in [-0.2, 0) is 9.59 Å². The molecule has 2 amide bonds. The fourth-order valence-corrected chi connectivity index (χ4v) is 2.45. The Kier molecular flexibility index (Phi) is 3.36. The lowest BCUT2D eigenvalue weighted by molar-refractivity contribution is -0.139. The van der Waals surface area contributed by atoms with Crippen LogP contribution in [0.25, 0.3) is 0 Å². The van der Waals surface area contributed by atoms with Crippen molar-refractivity contribution in [3.63, 3.8) is 0 Å². The molecule has 0 spiro atoms. The van der Waals surface area contributed by atoms with Crippen LogP contribution in [0.4, 0.5) is 0 Å². The summed E-state index contributed by atoms with van der Waals surface area (Å²) in [6, 6.07) is 0.268. The first-order valence-electron chi connectivity index (χ1n) is 6.55. The highest BCUT2D eigenvalue weighted by atomic mass is 16.3. The molecule has 0 aromatic rings. The highest BCUT2D eigenvalue weighted by Crippen LogP contribution is 2.31. The van der Waals surface area contributed by atoms with Gasteiger partial charge < -0.3 is 14.9 Å². The lowest BCUT2D eigenvalue weighted by Gasteiger charge is -2.31. The van der Waals surface area contributed by atoms with Crippen molar-refractivity contribution in [3.8, 4) is 0 Å². The van der Waals surface area contributed by atoms with Gasteiger partial charge in [0.25, 0.3) is 0 Å². The van der Waals surface area contributed by atoms with E-state index >= 15 is 0 Å². The molecule has 5 heteroatoms. The lowest BCUT2D eigenvalue weighted by atomic mass is 10.0. The molecule has 2 fully saturated rings. The molecule has 1 saturated heterocycles. The van der Waals surface area contributed by atoms with E-state index in [-0.39, 0.29) is 23.8 Å². The maximum atomic E-state index is 12.4. The van der Waals surface area contributed by atoms with Gasteiger partial charge in [0, 0.05) is 32.6 Å². The monoisotopic (exact) mass is 254 g/mol. The van der Waals surface area contributed by atoms with E-state index in [2.05, 4.69) is 0 Å². The third-order valence-electron chi connectivity index (χ3n) is 3.52. The predicted molar refractivity (Wildman–Crippen MR) is 66.8 cm³/mol. The SMILES string of the molecule is CN1CC(C(=O)N(CC(C)(C)O)C2CC2)CC1=O. The number of carbonyl (C=O) groups excluding carboxylic acids is 2. The van der Waals surface area contributed by atoms with Crippen molar-refractivity contribution in [2.45, 2.75) is 44.8 Å². The molecule has 2 rings (SSSR count). The molecular formula is C13H22N2O3. The zero-order valence-electron chi connectivity index (χ0n) is 11.3. The molecule has 5 nitrogen and oxygen atoms in total. The quantitative estimate of drug-likeness (QED) is 0.781. The molecule has 1 aliphatic heterocycles. The van der Waals surface area contributed by atoms with Gasteiger partial charge >= 0.3 is 0 Å². The average molecular weight is 254 g/mol. The van der Waals surface area contributed by atoms with Gasteiger partial charge in [-0.3, -0.25) is 9.59 Å². The van der Waals surface area contributed by atoms with Gasteiger partial charge in [0.1, 0.15) is 0 Å². The second kappa shape index (κ2) is 4.53. The van der Waals surface area contributed by atoms with Gasteiger partial charge in [-0.25, -0.2) is 0 Å². The van der Waals surface area contributed by atoms with Gasteiger partial charge in [-0.15, -0.1) is 0 Å². The van der Waals surface area contributed by atoms with Gasteiger partial charge in [-0.2, -0.15) is 0 Å². The fourth-order valence-electron chi connectivity index (χ4n) is 2.45. The largest absolute Gasteiger partial charge is 0.389 e. The Labute approximate surface area is 108 Å². The predicted octanol–water partition coefficient (Wildman–Crippen LogP) is 0.227. The summed E-state index contributed by atoms with van der Waals surface area (Å²) in [5.41, 5.74) is -0.882. The van der Waals surface area contributed by atoms with Gasteiger partial charge in [0.05, 0.1) is 11.5 Å². The Hall–Kier alpha value is -1.10. The molecular weight excluding hydrogens is 232 g/mol. The van der Waals surface area contributed by atoms with Crippen LogP contribution in [0.2, 0.25) is 0 Å². The topological polar surface area (TPSA) is 60.9 Å². The molecule has 1 aliphatic carbocycles. The van der Waals surface area contributed by atoms with E-state index in [1.165, 1.54) is 0 Å². The Morgan fingerprint density at radius 3 is 2.50 bits per heavy atom. The summed E-state index contributed by atoms with van der Waals surface area (Å²) in [6.07, 6.45) is 2.33. The number of amides is 2. The zero-order valence-corrected chi connectivity index (χ0v) is 11.3. The van der Waals surface area contributed by atoms with E-state index in [9.17, 15) is 14.7 Å². The van der Waals surface area contributed by atoms with Crippen LogP contribution in [0.15, 0.2) is 0 Å². The number of hydrogen-bond acceptors (Lipinski definition) is 3. The summed E-state index contributed by atoms with van der Waals surface area (Å²) < 4.78 is 0. The van der Waals surface area contributed by atoms with Gasteiger partial charge in [0.15, 0.2) is 0 Å². The molecule has 18 heavy (non-hydrogen) atoms. The number of rotatable bonds is 4. The third kappa shape index (κ3) is 3.02. The molecule has 1 N–H and O–H groups in total. The van der Waals surface area contributed by atoms with Crippen LogP contribution in [0.5, 0.6) is 0 Å². The molecule has 102 valence electrons. The Balaban J connectivity index is 2.03. The summed E-state index contributed by atoms with van der Waals surface area (Å²) in [7, 11) is 1.73. The maximum Gasteiger partial charge on any atom is 0.228 e. The van der Waals surface area contributed by atoms with E-state index < -0.39 is 5.60 Å². The Bertz CT molecular complexity index is 358. The standard InChI is InChI=1S/C13H22N2O3/c1-13(2,18)8-15(10-4-5-10)12(17)9-6-11(16)14(3)7-9/h9-10,18H,4-8H2,1-3H3. The van der Waals surface area contributed by atoms with Crippen molar-refractivity contribution < 1.29 is 14.7 Å². The average Bonchev–Trinajstić information content (AvgIpc) is 3.01. The summed E-state index contributed by atoms with van der Waals surface area (Å²) >= 11 is 0. The van der Waals surface area contributed by atoms with E-state index in [0.29, 0.717) is 19.5 Å². The highest BCUT2D eigenvalue weighted by Gasteiger charge is 2.41. The summed E-state index contributed by atoms with van der Waals surface area (Å²) in [4.78, 5) is 27.3. The van der Waals surface area contributed by atoms with Gasteiger partial charge in [-0.1, -0.05) is 0 Å². The zero-order chi connectivity index (χ0) is 13.5. The van der Waals surface area contributed by atoms with Gasteiger partial charge in [-0.05, 0) is 26.7 Å². The molecule has 1 atom stereocenters. The molecule has 1 unspecified atom stereocenters. The van der Waals surface area contributed by atoms with Gasteiger partial charge in [0.2, 0.25) is 11.8 Å². The van der Waals surface area contributed by atoms with E-state index in [4.69, 9.17) is 0 Å². The van der Waals surface area contributed by atoms with E-state index in [1.54, 1.807) is 30.7 Å². The molecule has 0 bridgehead atoms. The minimum absolute atomic E-state index is 0.0253. The molecule has 2 aliphatic rings. The Morgan fingerprint density at radius 2 is 2.11 bits per heavy atom. The smallest absolute Gasteiger partial charge is 0.228 e. The number of carbonyl (C=O) groups is 2. The Morgan fingerprint density at radius 1 is 1.50 bits per heavy atom. The van der Waals surface area contributed by atoms with Crippen molar-refractivity contribution in [2.75, 3.05) is 20.1 Å². The van der Waals surface area contributed by atoms with Crippen molar-refractivity contribution in [3.05, 3.63) is 0 Å². The minimum atomic E-state index is -0.882. The second-order valence-electron chi connectivity index (χ2n) is 6.19. The molecule has 1 heterocycles. The van der Waals surface area contributed by atoms with Crippen LogP contribution >= 0.6 is 0 Å². The van der Waals surface area contributed by atoms with Crippen molar-refractivity contribution >= 4 is 11.8 Å². The lowest BCUT2D eigenvalue weighted by Crippen LogP contribution is -2.46. The summed E-state index contributed by atoms with van der Waals surface area (Å²) in [6.45, 7) is 4.28. The summed E-state index contributed by atoms with van der Waals surface area (Å²) in [5, 5.41) is 9.89. The minimum Gasteiger partial charge on any atom is -0.389 e. The van der Waals surface area contributed by atoms with Crippen LogP contribution in [0.3, 0.4) is 0 Å². The molecule has 0 aromatic carbocycles. The summed E-state index contributed by atoms with van der Waals surface area (Å²) in [5.74, 6) is -0.171. The first-order chi connectivity index (χ1) is 8.28. The van der Waals surface area contributed by atoms with Crippen LogP contribution in [0, 0.1) is 5.92 Å². The van der Waals surface area contributed by atoms with Crippen molar-refractivity contribution in [1.82, 2.24) is 9.80 Å². The van der Waals surface area contributed by atoms with Crippen molar-refractivity contribution in [2.24, 2.45) is 5.92 Å². The second-order valence-corrected chi connectivity index (χ2v) is 6.19. The first kappa shape index (κ1) is 13.3. The fraction of sp³-hybridized carbons (Fsp3) is 0.846. The van der Waals surface area contributed by atoms with Crippen LogP contribution in [0.1, 0.15) is 33.1 Å². The molecule has 0 aromatic heterocycles. The van der Waals surface area contributed by atoms with Crippen molar-refractivity contribution in [1.29, 1.82) is 0 Å². The van der Waals surface area contributed by atoms with E-state index in [1.807, 2.05) is 0 Å². The normalized spacial score (nSPS) is 24.6. The number of nitrogens with zero attached hydrogens (tertiary/aromatic N) is 2. The third-order valence-corrected chi connectivity index (χ3v) is 3.52. The molecule has 1 saturated carbocycles. The van der Waals surface area contributed by atoms with E-state index in [0.717, 1.165) is 12.8 Å². The first-order valence-corrected chi connectivity index (χ1v) is 6.55. The number of aliphatic hydroxyl groups is 1. The highest BCUT2D eigenvalue weighted by molar-refractivity contribution is 5.89. The molecule has 0 radical (unpaired) electrons.